The molecule has 0 aromatic heterocycles. The topological polar surface area (TPSA) is 87.7 Å². The lowest BCUT2D eigenvalue weighted by Crippen LogP contribution is -2.36. The summed E-state index contributed by atoms with van der Waals surface area (Å²) in [5, 5.41) is 2.83. The fourth-order valence-corrected chi connectivity index (χ4v) is 3.75. The Morgan fingerprint density at radius 2 is 1.72 bits per heavy atom. The van der Waals surface area contributed by atoms with E-state index in [2.05, 4.69) is 10.0 Å². The van der Waals surface area contributed by atoms with Crippen LogP contribution in [0.4, 0.5) is 4.39 Å². The quantitative estimate of drug-likeness (QED) is 0.610. The predicted molar refractivity (Wildman–Crippen MR) is 109 cm³/mol. The molecule has 0 radical (unpaired) electrons. The molecule has 0 bridgehead atoms. The Morgan fingerprint density at radius 1 is 1.10 bits per heavy atom. The van der Waals surface area contributed by atoms with Gasteiger partial charge in [-0.2, -0.15) is 0 Å². The van der Waals surface area contributed by atoms with E-state index in [0.29, 0.717) is 6.54 Å². The van der Waals surface area contributed by atoms with Gasteiger partial charge in [-0.25, -0.2) is 17.5 Å². The number of carbonyl (C=O) groups is 1. The number of carbonyl (C=O) groups excluding carboxylic acids is 1. The second kappa shape index (κ2) is 10.3. The molecule has 1 amide bonds. The van der Waals surface area contributed by atoms with E-state index in [0.717, 1.165) is 23.4 Å². The van der Waals surface area contributed by atoms with Crippen LogP contribution < -0.4 is 14.8 Å². The highest BCUT2D eigenvalue weighted by molar-refractivity contribution is 7.89. The number of ether oxygens (including phenoxy) is 1. The average molecular weight is 424 g/mol. The molecule has 0 saturated carbocycles. The number of rotatable bonds is 10. The van der Waals surface area contributed by atoms with Crippen molar-refractivity contribution in [3.63, 3.8) is 0 Å². The number of nitrogens with zero attached hydrogens (tertiary/aromatic N) is 1. The van der Waals surface area contributed by atoms with Crippen LogP contribution in [0.2, 0.25) is 0 Å². The van der Waals surface area contributed by atoms with Crippen molar-refractivity contribution in [3.8, 4) is 5.75 Å². The lowest BCUT2D eigenvalue weighted by Gasteiger charge is -2.25. The number of sulfonamides is 1. The maximum Gasteiger partial charge on any atom is 0.240 e. The standard InChI is InChI=1S/C20H26FN3O4S/c1-24(2)19(15-4-8-17(28-3)9-5-15)14-22-20(25)12-13-23-29(26,27)18-10-6-16(21)7-11-18/h4-11,19,23H,12-14H2,1-3H3,(H,22,25). The van der Waals surface area contributed by atoms with Crippen molar-refractivity contribution in [1.29, 1.82) is 0 Å². The predicted octanol–water partition coefficient (Wildman–Crippen LogP) is 1.92. The monoisotopic (exact) mass is 423 g/mol. The summed E-state index contributed by atoms with van der Waals surface area (Å²) >= 11 is 0. The highest BCUT2D eigenvalue weighted by atomic mass is 32.2. The summed E-state index contributed by atoms with van der Waals surface area (Å²) in [7, 11) is 1.65. The van der Waals surface area contributed by atoms with E-state index in [1.807, 2.05) is 43.3 Å². The molecule has 0 aliphatic carbocycles. The molecule has 0 saturated heterocycles. The minimum atomic E-state index is -3.78. The Kier molecular flexibility index (Phi) is 8.12. The van der Waals surface area contributed by atoms with E-state index in [4.69, 9.17) is 4.74 Å². The summed E-state index contributed by atoms with van der Waals surface area (Å²) in [4.78, 5) is 14.1. The normalized spacial score (nSPS) is 12.6. The SMILES string of the molecule is COc1ccc(C(CNC(=O)CCNS(=O)(=O)c2ccc(F)cc2)N(C)C)cc1. The average Bonchev–Trinajstić information content (AvgIpc) is 2.68. The van der Waals surface area contributed by atoms with Gasteiger partial charge < -0.3 is 15.0 Å². The van der Waals surface area contributed by atoms with Crippen LogP contribution in [0.15, 0.2) is 53.4 Å². The Labute approximate surface area is 170 Å². The first-order valence-corrected chi connectivity index (χ1v) is 10.5. The van der Waals surface area contributed by atoms with E-state index in [9.17, 15) is 17.6 Å². The van der Waals surface area contributed by atoms with Crippen LogP contribution >= 0.6 is 0 Å². The molecule has 9 heteroatoms. The molecule has 2 aromatic carbocycles. The van der Waals surface area contributed by atoms with E-state index >= 15 is 0 Å². The van der Waals surface area contributed by atoms with Gasteiger partial charge >= 0.3 is 0 Å². The maximum atomic E-state index is 12.9. The second-order valence-electron chi connectivity index (χ2n) is 6.66. The third kappa shape index (κ3) is 6.81. The molecule has 1 atom stereocenters. The van der Waals surface area contributed by atoms with Gasteiger partial charge in [0.25, 0.3) is 0 Å². The zero-order valence-corrected chi connectivity index (χ0v) is 17.5. The molecular weight excluding hydrogens is 397 g/mol. The lowest BCUT2D eigenvalue weighted by molar-refractivity contribution is -0.121. The van der Waals surface area contributed by atoms with Crippen LogP contribution in [0, 0.1) is 5.82 Å². The summed E-state index contributed by atoms with van der Waals surface area (Å²) in [6.07, 6.45) is -0.0107. The highest BCUT2D eigenvalue weighted by Crippen LogP contribution is 2.20. The maximum absolute atomic E-state index is 12.9. The van der Waals surface area contributed by atoms with Crippen LogP contribution in [-0.4, -0.2) is 53.5 Å². The molecule has 2 N–H and O–H groups in total. The molecule has 158 valence electrons. The first-order valence-electron chi connectivity index (χ1n) is 9.05. The van der Waals surface area contributed by atoms with Crippen molar-refractivity contribution >= 4 is 15.9 Å². The summed E-state index contributed by atoms with van der Waals surface area (Å²) in [6, 6.07) is 12.0. The Bertz CT molecular complexity index is 900. The van der Waals surface area contributed by atoms with Crippen molar-refractivity contribution in [2.24, 2.45) is 0 Å². The summed E-state index contributed by atoms with van der Waals surface area (Å²) in [5.41, 5.74) is 1.02. The van der Waals surface area contributed by atoms with Crippen molar-refractivity contribution in [2.75, 3.05) is 34.3 Å². The number of nitrogens with one attached hydrogen (secondary N) is 2. The molecule has 7 nitrogen and oxygen atoms in total. The highest BCUT2D eigenvalue weighted by Gasteiger charge is 2.17. The van der Waals surface area contributed by atoms with E-state index < -0.39 is 15.8 Å². The number of halogens is 1. The van der Waals surface area contributed by atoms with Crippen LogP contribution in [0.3, 0.4) is 0 Å². The van der Waals surface area contributed by atoms with Gasteiger partial charge in [0.05, 0.1) is 18.0 Å². The van der Waals surface area contributed by atoms with Crippen LogP contribution in [0.1, 0.15) is 18.0 Å². The van der Waals surface area contributed by atoms with Crippen molar-refractivity contribution < 1.29 is 22.3 Å². The van der Waals surface area contributed by atoms with E-state index in [1.54, 1.807) is 7.11 Å². The van der Waals surface area contributed by atoms with Crippen LogP contribution in [0.25, 0.3) is 0 Å². The molecule has 0 fully saturated rings. The van der Waals surface area contributed by atoms with Crippen LogP contribution in [0.5, 0.6) is 5.75 Å². The molecular formula is C20H26FN3O4S. The third-order valence-corrected chi connectivity index (χ3v) is 5.86. The van der Waals surface area contributed by atoms with Crippen molar-refractivity contribution in [2.45, 2.75) is 17.4 Å². The molecule has 2 rings (SSSR count). The molecule has 29 heavy (non-hydrogen) atoms. The zero-order valence-electron chi connectivity index (χ0n) is 16.7. The summed E-state index contributed by atoms with van der Waals surface area (Å²) in [5.74, 6) is -0.0356. The number of benzene rings is 2. The zero-order chi connectivity index (χ0) is 21.4. The first-order chi connectivity index (χ1) is 13.7. The summed E-state index contributed by atoms with van der Waals surface area (Å²) < 4.78 is 44.7. The lowest BCUT2D eigenvalue weighted by atomic mass is 10.1. The van der Waals surface area contributed by atoms with E-state index in [1.165, 1.54) is 12.1 Å². The van der Waals surface area contributed by atoms with Gasteiger partial charge in [0.2, 0.25) is 15.9 Å². The Balaban J connectivity index is 1.85. The molecule has 0 heterocycles. The van der Waals surface area contributed by atoms with Crippen molar-refractivity contribution in [1.82, 2.24) is 14.9 Å². The number of amides is 1. The van der Waals surface area contributed by atoms with Gasteiger partial charge in [0, 0.05) is 19.5 Å². The molecule has 0 aliphatic heterocycles. The second-order valence-corrected chi connectivity index (χ2v) is 8.43. The molecule has 1 unspecified atom stereocenters. The van der Waals surface area contributed by atoms with Gasteiger partial charge in [-0.05, 0) is 56.1 Å². The number of methoxy groups -OCH3 is 1. The minimum absolute atomic E-state index is 0.0107. The molecule has 0 spiro atoms. The van der Waals surface area contributed by atoms with Gasteiger partial charge in [0.1, 0.15) is 11.6 Å². The Morgan fingerprint density at radius 3 is 2.28 bits per heavy atom. The number of hydrogen-bond acceptors (Lipinski definition) is 5. The molecule has 2 aromatic rings. The van der Waals surface area contributed by atoms with E-state index in [-0.39, 0.29) is 29.8 Å². The van der Waals surface area contributed by atoms with Crippen molar-refractivity contribution in [3.05, 3.63) is 59.9 Å². The minimum Gasteiger partial charge on any atom is -0.497 e. The third-order valence-electron chi connectivity index (χ3n) is 4.38. The van der Waals surface area contributed by atoms with Gasteiger partial charge in [-0.15, -0.1) is 0 Å². The first kappa shape index (κ1) is 22.8. The smallest absolute Gasteiger partial charge is 0.240 e. The van der Waals surface area contributed by atoms with Gasteiger partial charge in [-0.1, -0.05) is 12.1 Å². The largest absolute Gasteiger partial charge is 0.497 e. The number of likely N-dealkylation sites (N-methyl/N-ethyl adjacent to an activating group) is 1. The fraction of sp³-hybridized carbons (Fsp3) is 0.350. The van der Waals surface area contributed by atoms with Crippen LogP contribution in [-0.2, 0) is 14.8 Å². The summed E-state index contributed by atoms with van der Waals surface area (Å²) in [6.45, 7) is 0.323. The number of hydrogen-bond donors (Lipinski definition) is 2. The molecule has 0 aliphatic rings. The van der Waals surface area contributed by atoms with Gasteiger partial charge in [0.15, 0.2) is 0 Å². The fourth-order valence-electron chi connectivity index (χ4n) is 2.72. The van der Waals surface area contributed by atoms with Gasteiger partial charge in [-0.3, -0.25) is 4.79 Å². The Hall–Kier alpha value is -2.49.